The van der Waals surface area contributed by atoms with Gasteiger partial charge in [-0.2, -0.15) is 8.78 Å². The maximum atomic E-state index is 12.5. The first-order valence-corrected chi connectivity index (χ1v) is 8.83. The van der Waals surface area contributed by atoms with E-state index in [9.17, 15) is 28.3 Å². The van der Waals surface area contributed by atoms with E-state index in [0.29, 0.717) is 5.75 Å². The summed E-state index contributed by atoms with van der Waals surface area (Å²) in [5.74, 6) is -2.51. The highest BCUT2D eigenvalue weighted by atomic mass is 32.2. The summed E-state index contributed by atoms with van der Waals surface area (Å²) in [7, 11) is 0. The number of amides is 2. The molecule has 146 valence electrons. The van der Waals surface area contributed by atoms with E-state index >= 15 is 0 Å². The number of carboxylic acid groups (broad SMARTS) is 1. The van der Waals surface area contributed by atoms with Crippen LogP contribution in [-0.2, 0) is 20.1 Å². The number of nitrogens with two attached hydrogens (primary N) is 1. The molecule has 1 aliphatic heterocycles. The smallest absolute Gasteiger partial charge is 0.353 e. The fourth-order valence-corrected chi connectivity index (χ4v) is 4.01. The molecule has 0 aromatic carbocycles. The van der Waals surface area contributed by atoms with Crippen molar-refractivity contribution in [2.45, 2.75) is 37.2 Å². The van der Waals surface area contributed by atoms with Gasteiger partial charge in [0.1, 0.15) is 5.70 Å². The first-order chi connectivity index (χ1) is 12.8. The SMILES string of the molecule is C[C@@H](NC(=O)C(F)F)[C@H]1[C@@H](N)C(SCc2ccncc2)=C(C(=O)O)N1C=O. The largest absolute Gasteiger partial charge is 0.477 e. The van der Waals surface area contributed by atoms with Crippen LogP contribution in [-0.4, -0.2) is 57.8 Å². The minimum Gasteiger partial charge on any atom is -0.477 e. The molecule has 0 radical (unpaired) electrons. The third kappa shape index (κ3) is 4.61. The topological polar surface area (TPSA) is 126 Å². The van der Waals surface area contributed by atoms with Crippen LogP contribution < -0.4 is 11.1 Å². The van der Waals surface area contributed by atoms with Crippen molar-refractivity contribution in [3.63, 3.8) is 0 Å². The van der Waals surface area contributed by atoms with Crippen LogP contribution in [0.4, 0.5) is 8.78 Å². The quantitative estimate of drug-likeness (QED) is 0.544. The van der Waals surface area contributed by atoms with Gasteiger partial charge in [0.2, 0.25) is 6.41 Å². The third-order valence-electron chi connectivity index (χ3n) is 4.02. The van der Waals surface area contributed by atoms with Crippen molar-refractivity contribution in [3.05, 3.63) is 40.7 Å². The van der Waals surface area contributed by atoms with Gasteiger partial charge in [0.15, 0.2) is 0 Å². The van der Waals surface area contributed by atoms with E-state index in [2.05, 4.69) is 10.3 Å². The summed E-state index contributed by atoms with van der Waals surface area (Å²) in [5, 5.41) is 11.6. The highest BCUT2D eigenvalue weighted by Crippen LogP contribution is 2.37. The third-order valence-corrected chi connectivity index (χ3v) is 5.28. The molecule has 4 N–H and O–H groups in total. The normalized spacial score (nSPS) is 20.7. The number of carbonyl (C=O) groups excluding carboxylic acids is 2. The lowest BCUT2D eigenvalue weighted by atomic mass is 10.0. The molecular weight excluding hydrogens is 382 g/mol. The minimum absolute atomic E-state index is 0.231. The van der Waals surface area contributed by atoms with Crippen LogP contribution in [0, 0.1) is 0 Å². The van der Waals surface area contributed by atoms with E-state index in [-0.39, 0.29) is 17.0 Å². The van der Waals surface area contributed by atoms with Gasteiger partial charge in [-0.15, -0.1) is 11.8 Å². The minimum atomic E-state index is -3.23. The summed E-state index contributed by atoms with van der Waals surface area (Å²) >= 11 is 1.13. The Balaban J connectivity index is 2.26. The Bertz CT molecular complexity index is 747. The number of thioether (sulfide) groups is 1. The van der Waals surface area contributed by atoms with Crippen molar-refractivity contribution < 1.29 is 28.3 Å². The molecule has 3 atom stereocenters. The van der Waals surface area contributed by atoms with Crippen LogP contribution in [0.5, 0.6) is 0 Å². The number of hydrogen-bond donors (Lipinski definition) is 3. The molecule has 1 aliphatic rings. The Morgan fingerprint density at radius 3 is 2.59 bits per heavy atom. The first-order valence-electron chi connectivity index (χ1n) is 7.84. The summed E-state index contributed by atoms with van der Waals surface area (Å²) in [6.45, 7) is 1.39. The Hall–Kier alpha value is -2.53. The Kier molecular flexibility index (Phi) is 6.86. The highest BCUT2D eigenvalue weighted by molar-refractivity contribution is 8.02. The number of alkyl halides is 2. The molecule has 1 aromatic heterocycles. The van der Waals surface area contributed by atoms with E-state index in [1.807, 2.05) is 0 Å². The number of rotatable bonds is 8. The van der Waals surface area contributed by atoms with Crippen LogP contribution >= 0.6 is 11.8 Å². The average Bonchev–Trinajstić information content (AvgIpc) is 2.92. The number of halogens is 2. The van der Waals surface area contributed by atoms with Gasteiger partial charge in [0.25, 0.3) is 5.91 Å². The predicted octanol–water partition coefficient (Wildman–Crippen LogP) is 0.549. The zero-order chi connectivity index (χ0) is 20.1. The molecule has 0 saturated heterocycles. The fourth-order valence-electron chi connectivity index (χ4n) is 2.83. The average molecular weight is 400 g/mol. The standard InChI is InChI=1S/C16H18F2N4O4S/c1-8(21-15(24)14(17)18)11-10(19)13(12(16(25)26)22(11)7-23)27-6-9-2-4-20-5-3-9/h2-5,7-8,10-11,14H,6,19H2,1H3,(H,21,24)(H,25,26)/t8-,10-,11+/m1/s1. The van der Waals surface area contributed by atoms with Gasteiger partial charge >= 0.3 is 12.4 Å². The number of pyridine rings is 1. The number of carboxylic acids is 1. The van der Waals surface area contributed by atoms with E-state index in [1.54, 1.807) is 24.5 Å². The zero-order valence-corrected chi connectivity index (χ0v) is 15.0. The summed E-state index contributed by atoms with van der Waals surface area (Å²) in [4.78, 5) is 39.5. The molecule has 2 heterocycles. The molecule has 0 saturated carbocycles. The number of nitrogens with zero attached hydrogens (tertiary/aromatic N) is 2. The predicted molar refractivity (Wildman–Crippen MR) is 93.5 cm³/mol. The van der Waals surface area contributed by atoms with Crippen LogP contribution in [0.25, 0.3) is 0 Å². The van der Waals surface area contributed by atoms with E-state index in [0.717, 1.165) is 22.2 Å². The summed E-state index contributed by atoms with van der Waals surface area (Å²) in [6, 6.07) is 0.543. The lowest BCUT2D eigenvalue weighted by Crippen LogP contribution is -2.55. The van der Waals surface area contributed by atoms with Crippen LogP contribution in [0.3, 0.4) is 0 Å². The number of aromatic nitrogens is 1. The summed E-state index contributed by atoms with van der Waals surface area (Å²) < 4.78 is 25.0. The molecule has 0 fully saturated rings. The second kappa shape index (κ2) is 8.91. The molecule has 27 heavy (non-hydrogen) atoms. The molecule has 8 nitrogen and oxygen atoms in total. The maximum absolute atomic E-state index is 12.5. The monoisotopic (exact) mass is 400 g/mol. The molecule has 2 amide bonds. The van der Waals surface area contributed by atoms with Crippen molar-refractivity contribution in [2.24, 2.45) is 5.73 Å². The molecule has 0 spiro atoms. The van der Waals surface area contributed by atoms with Gasteiger partial charge in [-0.1, -0.05) is 0 Å². The van der Waals surface area contributed by atoms with Gasteiger partial charge < -0.3 is 21.1 Å². The van der Waals surface area contributed by atoms with Crippen molar-refractivity contribution in [2.75, 3.05) is 0 Å². The number of nitrogens with one attached hydrogen (secondary N) is 1. The van der Waals surface area contributed by atoms with Gasteiger partial charge in [0, 0.05) is 29.1 Å². The molecular formula is C16H18F2N4O4S. The van der Waals surface area contributed by atoms with E-state index < -0.39 is 36.4 Å². The molecule has 0 aliphatic carbocycles. The molecule has 1 aromatic rings. The summed E-state index contributed by atoms with van der Waals surface area (Å²) in [5.41, 5.74) is 6.68. The number of carbonyl (C=O) groups is 3. The Morgan fingerprint density at radius 1 is 1.44 bits per heavy atom. The van der Waals surface area contributed by atoms with Gasteiger partial charge in [-0.05, 0) is 24.6 Å². The second-order valence-corrected chi connectivity index (χ2v) is 6.81. The Morgan fingerprint density at radius 2 is 2.07 bits per heavy atom. The highest BCUT2D eigenvalue weighted by Gasteiger charge is 2.45. The van der Waals surface area contributed by atoms with Crippen LogP contribution in [0.1, 0.15) is 12.5 Å². The summed E-state index contributed by atoms with van der Waals surface area (Å²) in [6.07, 6.45) is 0.208. The Labute approximate surface area is 157 Å². The van der Waals surface area contributed by atoms with Crippen molar-refractivity contribution in [3.8, 4) is 0 Å². The van der Waals surface area contributed by atoms with Gasteiger partial charge in [-0.3, -0.25) is 14.6 Å². The number of aliphatic carboxylic acids is 1. The first kappa shape index (κ1) is 20.8. The van der Waals surface area contributed by atoms with Crippen molar-refractivity contribution >= 4 is 30.0 Å². The van der Waals surface area contributed by atoms with Gasteiger partial charge in [-0.25, -0.2) is 4.79 Å². The number of hydrogen-bond acceptors (Lipinski definition) is 6. The lowest BCUT2D eigenvalue weighted by molar-refractivity contribution is -0.137. The van der Waals surface area contributed by atoms with Gasteiger partial charge in [0.05, 0.1) is 12.1 Å². The fraction of sp³-hybridized carbons (Fsp3) is 0.375. The lowest BCUT2D eigenvalue weighted by Gasteiger charge is -2.30. The zero-order valence-electron chi connectivity index (χ0n) is 14.2. The molecule has 11 heteroatoms. The maximum Gasteiger partial charge on any atom is 0.353 e. The second-order valence-electron chi connectivity index (χ2n) is 5.79. The van der Waals surface area contributed by atoms with Crippen molar-refractivity contribution in [1.29, 1.82) is 0 Å². The van der Waals surface area contributed by atoms with Crippen LogP contribution in [0.2, 0.25) is 0 Å². The van der Waals surface area contributed by atoms with E-state index in [4.69, 9.17) is 5.73 Å². The van der Waals surface area contributed by atoms with Crippen molar-refractivity contribution in [1.82, 2.24) is 15.2 Å². The molecule has 0 bridgehead atoms. The molecule has 0 unspecified atom stereocenters. The van der Waals surface area contributed by atoms with Crippen LogP contribution in [0.15, 0.2) is 35.1 Å². The molecule has 2 rings (SSSR count). The van der Waals surface area contributed by atoms with E-state index in [1.165, 1.54) is 6.92 Å².